The maximum atomic E-state index is 13.0. The molecule has 1 spiro atoms. The molecule has 0 radical (unpaired) electrons. The van der Waals surface area contributed by atoms with Crippen molar-refractivity contribution in [2.24, 2.45) is 10.9 Å². The standard InChI is InChI=1S/C21H29N5O2/c1-3-17-23-21(20(28)24(17)2)9-7-16(8-10-21)19(27)26-14-12-25(13-15-26)18-6-4-5-11-22-18/h4-6,11,16H,3,7-10,12-15H2,1-2H3. The molecule has 3 heterocycles. The molecule has 7 nitrogen and oxygen atoms in total. The Balaban J connectivity index is 1.33. The van der Waals surface area contributed by atoms with Crippen LogP contribution in [0.1, 0.15) is 39.0 Å². The predicted octanol–water partition coefficient (Wildman–Crippen LogP) is 1.94. The molecule has 2 fully saturated rings. The Kier molecular flexibility index (Phi) is 5.08. The van der Waals surface area contributed by atoms with Crippen LogP contribution in [0.3, 0.4) is 0 Å². The van der Waals surface area contributed by atoms with E-state index in [2.05, 4.69) is 9.88 Å². The fourth-order valence-corrected chi connectivity index (χ4v) is 4.74. The van der Waals surface area contributed by atoms with Gasteiger partial charge in [0.05, 0.1) is 0 Å². The summed E-state index contributed by atoms with van der Waals surface area (Å²) in [6, 6.07) is 5.92. The molecule has 7 heteroatoms. The molecular weight excluding hydrogens is 354 g/mol. The summed E-state index contributed by atoms with van der Waals surface area (Å²) in [6.07, 6.45) is 5.44. The van der Waals surface area contributed by atoms with Gasteiger partial charge in [0.15, 0.2) is 0 Å². The highest BCUT2D eigenvalue weighted by atomic mass is 16.2. The Morgan fingerprint density at radius 2 is 1.89 bits per heavy atom. The summed E-state index contributed by atoms with van der Waals surface area (Å²) < 4.78 is 0. The Bertz CT molecular complexity index is 762. The normalized spacial score (nSPS) is 28.1. The van der Waals surface area contributed by atoms with Gasteiger partial charge < -0.3 is 14.7 Å². The third-order valence-electron chi connectivity index (χ3n) is 6.48. The van der Waals surface area contributed by atoms with Gasteiger partial charge in [-0.3, -0.25) is 14.6 Å². The van der Waals surface area contributed by atoms with Crippen molar-refractivity contribution in [2.75, 3.05) is 38.1 Å². The quantitative estimate of drug-likeness (QED) is 0.800. The van der Waals surface area contributed by atoms with Crippen LogP contribution < -0.4 is 4.90 Å². The van der Waals surface area contributed by atoms with E-state index in [1.807, 2.05) is 37.1 Å². The second-order valence-electron chi connectivity index (χ2n) is 8.05. The van der Waals surface area contributed by atoms with Crippen LogP contribution in [0.15, 0.2) is 29.4 Å². The molecule has 4 rings (SSSR count). The number of piperazine rings is 1. The molecule has 1 aliphatic carbocycles. The summed E-state index contributed by atoms with van der Waals surface area (Å²) in [7, 11) is 1.82. The number of amides is 2. The molecule has 3 aliphatic rings. The van der Waals surface area contributed by atoms with Gasteiger partial charge in [-0.2, -0.15) is 0 Å². The van der Waals surface area contributed by atoms with Gasteiger partial charge in [0.1, 0.15) is 17.2 Å². The van der Waals surface area contributed by atoms with Crippen LogP contribution in [-0.2, 0) is 9.59 Å². The van der Waals surface area contributed by atoms with Crippen molar-refractivity contribution in [3.63, 3.8) is 0 Å². The van der Waals surface area contributed by atoms with Crippen molar-refractivity contribution in [1.29, 1.82) is 0 Å². The number of likely N-dealkylation sites (N-methyl/N-ethyl adjacent to an activating group) is 1. The fraction of sp³-hybridized carbons (Fsp3) is 0.619. The van der Waals surface area contributed by atoms with Crippen LogP contribution in [0.5, 0.6) is 0 Å². The van der Waals surface area contributed by atoms with E-state index in [0.717, 1.165) is 57.1 Å². The highest BCUT2D eigenvalue weighted by molar-refractivity contribution is 6.08. The molecule has 150 valence electrons. The highest BCUT2D eigenvalue weighted by Crippen LogP contribution is 2.40. The number of amidine groups is 1. The third kappa shape index (κ3) is 3.27. The lowest BCUT2D eigenvalue weighted by Crippen LogP contribution is -2.52. The minimum atomic E-state index is -0.603. The number of hydrogen-bond donors (Lipinski definition) is 0. The van der Waals surface area contributed by atoms with E-state index in [4.69, 9.17) is 4.99 Å². The number of hydrogen-bond acceptors (Lipinski definition) is 5. The van der Waals surface area contributed by atoms with Gasteiger partial charge in [0, 0.05) is 51.8 Å². The van der Waals surface area contributed by atoms with E-state index in [-0.39, 0.29) is 17.7 Å². The predicted molar refractivity (Wildman–Crippen MR) is 108 cm³/mol. The Morgan fingerprint density at radius 1 is 1.18 bits per heavy atom. The van der Waals surface area contributed by atoms with Crippen LogP contribution in [-0.4, -0.2) is 71.2 Å². The minimum Gasteiger partial charge on any atom is -0.353 e. The molecule has 2 aliphatic heterocycles. The topological polar surface area (TPSA) is 69.1 Å². The number of nitrogens with zero attached hydrogens (tertiary/aromatic N) is 5. The molecule has 1 saturated carbocycles. The molecule has 0 N–H and O–H groups in total. The van der Waals surface area contributed by atoms with Crippen molar-refractivity contribution in [2.45, 2.75) is 44.6 Å². The van der Waals surface area contributed by atoms with E-state index in [1.165, 1.54) is 0 Å². The van der Waals surface area contributed by atoms with Crippen LogP contribution in [0.25, 0.3) is 0 Å². The second kappa shape index (κ2) is 7.53. The number of pyridine rings is 1. The van der Waals surface area contributed by atoms with Crippen molar-refractivity contribution in [3.8, 4) is 0 Å². The van der Waals surface area contributed by atoms with E-state index in [1.54, 1.807) is 11.1 Å². The maximum Gasteiger partial charge on any atom is 0.255 e. The second-order valence-corrected chi connectivity index (χ2v) is 8.05. The van der Waals surface area contributed by atoms with Gasteiger partial charge in [-0.1, -0.05) is 13.0 Å². The maximum absolute atomic E-state index is 13.0. The zero-order valence-corrected chi connectivity index (χ0v) is 16.8. The first-order valence-electron chi connectivity index (χ1n) is 10.4. The molecule has 0 atom stereocenters. The van der Waals surface area contributed by atoms with Crippen LogP contribution in [0.4, 0.5) is 5.82 Å². The molecule has 28 heavy (non-hydrogen) atoms. The molecule has 1 aromatic heterocycles. The summed E-state index contributed by atoms with van der Waals surface area (Å²) in [5.41, 5.74) is -0.603. The zero-order valence-electron chi connectivity index (χ0n) is 16.8. The Labute approximate surface area is 166 Å². The molecule has 0 unspecified atom stereocenters. The average molecular weight is 383 g/mol. The van der Waals surface area contributed by atoms with E-state index >= 15 is 0 Å². The van der Waals surface area contributed by atoms with Gasteiger partial charge >= 0.3 is 0 Å². The van der Waals surface area contributed by atoms with Gasteiger partial charge in [0.2, 0.25) is 5.91 Å². The van der Waals surface area contributed by atoms with Crippen molar-refractivity contribution in [1.82, 2.24) is 14.8 Å². The smallest absolute Gasteiger partial charge is 0.255 e. The van der Waals surface area contributed by atoms with E-state index in [9.17, 15) is 9.59 Å². The fourth-order valence-electron chi connectivity index (χ4n) is 4.74. The lowest BCUT2D eigenvalue weighted by atomic mass is 9.76. The number of carbonyl (C=O) groups is 2. The SMILES string of the molecule is CCC1=NC2(CCC(C(=O)N3CCN(c4ccccn4)CC3)CC2)C(=O)N1C. The first-order valence-corrected chi connectivity index (χ1v) is 10.4. The van der Waals surface area contributed by atoms with E-state index < -0.39 is 5.54 Å². The first-order chi connectivity index (χ1) is 13.5. The summed E-state index contributed by atoms with van der Waals surface area (Å²) >= 11 is 0. The molecule has 2 amide bonds. The zero-order chi connectivity index (χ0) is 19.7. The van der Waals surface area contributed by atoms with Crippen molar-refractivity contribution in [3.05, 3.63) is 24.4 Å². The van der Waals surface area contributed by atoms with E-state index in [0.29, 0.717) is 12.8 Å². The number of anilines is 1. The summed E-state index contributed by atoms with van der Waals surface area (Å²) in [5, 5.41) is 0. The van der Waals surface area contributed by atoms with Crippen LogP contribution in [0.2, 0.25) is 0 Å². The van der Waals surface area contributed by atoms with Gasteiger partial charge in [-0.05, 0) is 37.8 Å². The number of carbonyl (C=O) groups excluding carboxylic acids is 2. The number of rotatable bonds is 3. The van der Waals surface area contributed by atoms with Crippen LogP contribution >= 0.6 is 0 Å². The number of aliphatic imine (C=N–C) groups is 1. The largest absolute Gasteiger partial charge is 0.353 e. The summed E-state index contributed by atoms with van der Waals surface area (Å²) in [4.78, 5) is 40.8. The molecule has 1 saturated heterocycles. The average Bonchev–Trinajstić information content (AvgIpc) is 2.99. The Hall–Kier alpha value is -2.44. The lowest BCUT2D eigenvalue weighted by molar-refractivity contribution is -0.139. The van der Waals surface area contributed by atoms with Gasteiger partial charge in [-0.15, -0.1) is 0 Å². The first kappa shape index (κ1) is 18.9. The molecule has 0 bridgehead atoms. The molecule has 1 aromatic rings. The molecular formula is C21H29N5O2. The third-order valence-corrected chi connectivity index (χ3v) is 6.48. The van der Waals surface area contributed by atoms with Crippen molar-refractivity contribution >= 4 is 23.5 Å². The highest BCUT2D eigenvalue weighted by Gasteiger charge is 2.49. The lowest BCUT2D eigenvalue weighted by Gasteiger charge is -2.39. The Morgan fingerprint density at radius 3 is 2.46 bits per heavy atom. The van der Waals surface area contributed by atoms with Gasteiger partial charge in [0.25, 0.3) is 5.91 Å². The van der Waals surface area contributed by atoms with Crippen molar-refractivity contribution < 1.29 is 9.59 Å². The minimum absolute atomic E-state index is 0.0195. The van der Waals surface area contributed by atoms with Gasteiger partial charge in [-0.25, -0.2) is 4.98 Å². The monoisotopic (exact) mass is 383 g/mol. The van der Waals surface area contributed by atoms with Crippen LogP contribution in [0, 0.1) is 5.92 Å². The number of aromatic nitrogens is 1. The summed E-state index contributed by atoms with van der Waals surface area (Å²) in [6.45, 7) is 5.12. The summed E-state index contributed by atoms with van der Waals surface area (Å²) in [5.74, 6) is 2.22. The molecule has 0 aromatic carbocycles.